The average molecular weight is 173 g/mol. The topological polar surface area (TPSA) is 12.4 Å². The summed E-state index contributed by atoms with van der Waals surface area (Å²) in [6, 6.07) is 6.54. The smallest absolute Gasteiger partial charge is 0.0663 e. The molecule has 2 atom stereocenters. The fourth-order valence-electron chi connectivity index (χ4n) is 1.76. The lowest BCUT2D eigenvalue weighted by molar-refractivity contribution is 0.626. The third-order valence-electron chi connectivity index (χ3n) is 2.91. The molecule has 1 aliphatic rings. The van der Waals surface area contributed by atoms with Crippen LogP contribution in [0.1, 0.15) is 30.9 Å². The largest absolute Gasteiger partial charge is 0.261 e. The Morgan fingerprint density at radius 1 is 1.23 bits per heavy atom. The van der Waals surface area contributed by atoms with Gasteiger partial charge in [-0.3, -0.25) is 4.99 Å². The zero-order valence-corrected chi connectivity index (χ0v) is 8.41. The minimum atomic E-state index is 0.565. The van der Waals surface area contributed by atoms with Crippen LogP contribution in [0.2, 0.25) is 0 Å². The predicted octanol–water partition coefficient (Wildman–Crippen LogP) is 3.45. The van der Waals surface area contributed by atoms with Gasteiger partial charge in [-0.2, -0.15) is 0 Å². The lowest BCUT2D eigenvalue weighted by atomic mass is 9.86. The zero-order valence-electron chi connectivity index (χ0n) is 8.41. The van der Waals surface area contributed by atoms with Crippen LogP contribution in [0.15, 0.2) is 23.2 Å². The molecular weight excluding hydrogens is 158 g/mol. The maximum absolute atomic E-state index is 4.46. The van der Waals surface area contributed by atoms with Gasteiger partial charge < -0.3 is 0 Å². The summed E-state index contributed by atoms with van der Waals surface area (Å²) in [7, 11) is 0. The summed E-state index contributed by atoms with van der Waals surface area (Å²) in [6.45, 7) is 6.60. The second-order valence-corrected chi connectivity index (χ2v) is 3.99. The van der Waals surface area contributed by atoms with E-state index in [9.17, 15) is 0 Å². The fourth-order valence-corrected chi connectivity index (χ4v) is 1.76. The molecule has 13 heavy (non-hydrogen) atoms. The lowest BCUT2D eigenvalue weighted by Gasteiger charge is -2.22. The van der Waals surface area contributed by atoms with Crippen molar-refractivity contribution in [2.45, 2.75) is 26.7 Å². The van der Waals surface area contributed by atoms with Gasteiger partial charge in [0, 0.05) is 6.21 Å². The molecule has 1 nitrogen and oxygen atoms in total. The highest BCUT2D eigenvalue weighted by molar-refractivity contribution is 5.72. The molecule has 0 radical (unpaired) electrons. The molecule has 0 spiro atoms. The number of nitrogens with zero attached hydrogens (tertiary/aromatic N) is 1. The molecule has 0 aromatic heterocycles. The minimum Gasteiger partial charge on any atom is -0.261 e. The molecule has 2 rings (SSSR count). The van der Waals surface area contributed by atoms with E-state index in [1.165, 1.54) is 11.1 Å². The molecule has 0 bridgehead atoms. The summed E-state index contributed by atoms with van der Waals surface area (Å²) >= 11 is 0. The average Bonchev–Trinajstić information content (AvgIpc) is 2.12. The Hall–Kier alpha value is -1.11. The van der Waals surface area contributed by atoms with E-state index in [-0.39, 0.29) is 0 Å². The SMILES string of the molecule is Cc1ccc2c(c1)N=CC(C)C2C. The van der Waals surface area contributed by atoms with E-state index in [0.717, 1.165) is 5.69 Å². The van der Waals surface area contributed by atoms with E-state index < -0.39 is 0 Å². The molecular formula is C12H15N. The molecule has 1 aliphatic heterocycles. The Balaban J connectivity index is 2.52. The van der Waals surface area contributed by atoms with Gasteiger partial charge in [-0.15, -0.1) is 0 Å². The van der Waals surface area contributed by atoms with Gasteiger partial charge in [-0.25, -0.2) is 0 Å². The van der Waals surface area contributed by atoms with Crippen molar-refractivity contribution in [2.75, 3.05) is 0 Å². The first kappa shape index (κ1) is 8.49. The van der Waals surface area contributed by atoms with E-state index in [1.807, 2.05) is 0 Å². The minimum absolute atomic E-state index is 0.565. The molecule has 0 fully saturated rings. The fraction of sp³-hybridized carbons (Fsp3) is 0.417. The third-order valence-corrected chi connectivity index (χ3v) is 2.91. The van der Waals surface area contributed by atoms with Crippen LogP contribution >= 0.6 is 0 Å². The van der Waals surface area contributed by atoms with E-state index in [1.54, 1.807) is 0 Å². The number of aliphatic imine (C=N–C) groups is 1. The van der Waals surface area contributed by atoms with E-state index in [0.29, 0.717) is 11.8 Å². The number of fused-ring (bicyclic) bond motifs is 1. The summed E-state index contributed by atoms with van der Waals surface area (Å²) < 4.78 is 0. The van der Waals surface area contributed by atoms with Gasteiger partial charge in [0.25, 0.3) is 0 Å². The van der Waals surface area contributed by atoms with Crippen LogP contribution in [0, 0.1) is 12.8 Å². The normalized spacial score (nSPS) is 25.8. The lowest BCUT2D eigenvalue weighted by Crippen LogP contribution is -2.11. The molecule has 0 amide bonds. The molecule has 68 valence electrons. The monoisotopic (exact) mass is 173 g/mol. The van der Waals surface area contributed by atoms with Crippen LogP contribution in [-0.2, 0) is 0 Å². The van der Waals surface area contributed by atoms with Gasteiger partial charge in [-0.1, -0.05) is 26.0 Å². The first-order chi connectivity index (χ1) is 6.18. The first-order valence-corrected chi connectivity index (χ1v) is 4.83. The van der Waals surface area contributed by atoms with Gasteiger partial charge in [0.1, 0.15) is 0 Å². The van der Waals surface area contributed by atoms with Crippen molar-refractivity contribution in [1.82, 2.24) is 0 Å². The van der Waals surface area contributed by atoms with Crippen molar-refractivity contribution in [3.8, 4) is 0 Å². The Labute approximate surface area is 79.5 Å². The van der Waals surface area contributed by atoms with Crippen LogP contribution in [-0.4, -0.2) is 6.21 Å². The number of benzene rings is 1. The molecule has 0 saturated carbocycles. The molecule has 0 N–H and O–H groups in total. The number of hydrogen-bond donors (Lipinski definition) is 0. The van der Waals surface area contributed by atoms with Gasteiger partial charge >= 0.3 is 0 Å². The molecule has 0 aliphatic carbocycles. The van der Waals surface area contributed by atoms with E-state index in [2.05, 4.69) is 50.2 Å². The first-order valence-electron chi connectivity index (χ1n) is 4.83. The third kappa shape index (κ3) is 1.39. The van der Waals surface area contributed by atoms with Crippen molar-refractivity contribution in [1.29, 1.82) is 0 Å². The van der Waals surface area contributed by atoms with Crippen LogP contribution in [0.3, 0.4) is 0 Å². The molecule has 1 heteroatoms. The van der Waals surface area contributed by atoms with Crippen LogP contribution in [0.25, 0.3) is 0 Å². The van der Waals surface area contributed by atoms with Crippen molar-refractivity contribution in [3.63, 3.8) is 0 Å². The molecule has 1 aromatic carbocycles. The Morgan fingerprint density at radius 3 is 2.77 bits per heavy atom. The Morgan fingerprint density at radius 2 is 2.00 bits per heavy atom. The van der Waals surface area contributed by atoms with Crippen molar-refractivity contribution >= 4 is 11.9 Å². The van der Waals surface area contributed by atoms with Crippen LogP contribution < -0.4 is 0 Å². The summed E-state index contributed by atoms with van der Waals surface area (Å²) in [5.74, 6) is 1.17. The maximum Gasteiger partial charge on any atom is 0.0663 e. The Kier molecular flexibility index (Phi) is 1.95. The summed E-state index contributed by atoms with van der Waals surface area (Å²) in [4.78, 5) is 4.46. The molecule has 1 aromatic rings. The van der Waals surface area contributed by atoms with Crippen molar-refractivity contribution in [2.24, 2.45) is 10.9 Å². The number of rotatable bonds is 0. The molecule has 0 saturated heterocycles. The van der Waals surface area contributed by atoms with E-state index >= 15 is 0 Å². The van der Waals surface area contributed by atoms with Gasteiger partial charge in [-0.05, 0) is 36.0 Å². The molecule has 1 heterocycles. The summed E-state index contributed by atoms with van der Waals surface area (Å²) in [6.07, 6.45) is 2.06. The van der Waals surface area contributed by atoms with Gasteiger partial charge in [0.15, 0.2) is 0 Å². The number of hydrogen-bond acceptors (Lipinski definition) is 1. The maximum atomic E-state index is 4.46. The Bertz CT molecular complexity index is 352. The standard InChI is InChI=1S/C12H15N/c1-8-4-5-11-10(3)9(2)7-13-12(11)6-8/h4-7,9-10H,1-3H3. The zero-order chi connectivity index (χ0) is 9.42. The second-order valence-electron chi connectivity index (χ2n) is 3.99. The second kappa shape index (κ2) is 2.99. The highest BCUT2D eigenvalue weighted by Gasteiger charge is 2.19. The van der Waals surface area contributed by atoms with E-state index in [4.69, 9.17) is 0 Å². The highest BCUT2D eigenvalue weighted by atomic mass is 14.7. The predicted molar refractivity (Wildman–Crippen MR) is 56.9 cm³/mol. The highest BCUT2D eigenvalue weighted by Crippen LogP contribution is 2.35. The van der Waals surface area contributed by atoms with Crippen LogP contribution in [0.4, 0.5) is 5.69 Å². The van der Waals surface area contributed by atoms with Crippen molar-refractivity contribution in [3.05, 3.63) is 29.3 Å². The van der Waals surface area contributed by atoms with Crippen molar-refractivity contribution < 1.29 is 0 Å². The number of aryl methyl sites for hydroxylation is 1. The van der Waals surface area contributed by atoms with Gasteiger partial charge in [0.05, 0.1) is 5.69 Å². The summed E-state index contributed by atoms with van der Waals surface area (Å²) in [5.41, 5.74) is 3.84. The quantitative estimate of drug-likeness (QED) is 0.569. The van der Waals surface area contributed by atoms with Gasteiger partial charge in [0.2, 0.25) is 0 Å². The molecule has 2 unspecified atom stereocenters. The van der Waals surface area contributed by atoms with Crippen LogP contribution in [0.5, 0.6) is 0 Å². The summed E-state index contributed by atoms with van der Waals surface area (Å²) in [5, 5.41) is 0.